The summed E-state index contributed by atoms with van der Waals surface area (Å²) >= 11 is 0. The molecular formula is C75H85N11O16P4. The lowest BCUT2D eigenvalue weighted by Gasteiger charge is -2.17. The van der Waals surface area contributed by atoms with Crippen molar-refractivity contribution in [2.75, 3.05) is 54.2 Å². The van der Waals surface area contributed by atoms with E-state index in [0.29, 0.717) is 97.4 Å². The van der Waals surface area contributed by atoms with Gasteiger partial charge in [-0.25, -0.2) is 19.9 Å². The number of imidazole rings is 4. The Morgan fingerprint density at radius 3 is 0.943 bits per heavy atom. The number of nitrogens with zero attached hydrogens (tertiary/aromatic N) is 8. The van der Waals surface area contributed by atoms with Crippen LogP contribution in [0.3, 0.4) is 0 Å². The number of hydrogen-bond donors (Lipinski definition) is 6. The molecule has 4 aromatic heterocycles. The number of hydrogen-bond acceptors (Lipinski definition) is 17. The molecule has 12 aromatic rings. The van der Waals surface area contributed by atoms with Crippen molar-refractivity contribution in [1.82, 2.24) is 54.2 Å². The zero-order valence-electron chi connectivity index (χ0n) is 60.1. The molecule has 0 radical (unpaired) electrons. The standard InChI is InChI=1S/C21H25N2O4P.C20H24N3O4P.C18H20N3O4P.C16H16N3O4P/c1-4-21(24)17-9-12-19-20(13-17)23(15-22-19)14-16-7-10-18(11-8-16)28(25,26-5-2)27-6-3;1-4-26-28(25,27-5-2)17-9-6-15(7-10-17)13-23-14-22-18-12-16(20(24)21-3)8-11-19(18)23;1-3-25-26(23,24)15-7-4-13(5-8-15)11-21-12-20-16-10-14(18(22)19-2)6-9-17(16)21;1-17-16(20)12-4-7-15-14(8-12)18-10-19(15)9-11-2-5-13(6-3-11)24(21,22)23/h7-13,15H,4-6,14H2,1-3H3;6-12,14H,4-5,13H2,1-3H3,(H,21,24);4-10,12H,3,11H2,1-2H3,(H,19,22)(H,23,24);2-8,10H,9H2,1H3,(H,17,20)(H2,21,22,23). The summed E-state index contributed by atoms with van der Waals surface area (Å²) in [5, 5.41) is 9.14. The molecule has 1 atom stereocenters. The summed E-state index contributed by atoms with van der Waals surface area (Å²) in [6.07, 6.45) is 7.38. The third-order valence-electron chi connectivity index (χ3n) is 16.5. The van der Waals surface area contributed by atoms with Gasteiger partial charge in [-0.1, -0.05) is 55.5 Å². The molecule has 0 saturated carbocycles. The van der Waals surface area contributed by atoms with Crippen LogP contribution in [0, 0.1) is 0 Å². The minimum Gasteiger partial charge on any atom is -0.355 e. The zero-order chi connectivity index (χ0) is 76.3. The Bertz CT molecular complexity index is 5230. The Morgan fingerprint density at radius 2 is 0.642 bits per heavy atom. The summed E-state index contributed by atoms with van der Waals surface area (Å²) in [7, 11) is -9.76. The predicted octanol–water partition coefficient (Wildman–Crippen LogP) is 11.4. The van der Waals surface area contributed by atoms with E-state index < -0.39 is 30.4 Å². The summed E-state index contributed by atoms with van der Waals surface area (Å²) in [5.74, 6) is -0.346. The lowest BCUT2D eigenvalue weighted by molar-refractivity contribution is 0.0955. The zero-order valence-corrected chi connectivity index (χ0v) is 63.6. The summed E-state index contributed by atoms with van der Waals surface area (Å²) in [4.78, 5) is 92.7. The van der Waals surface area contributed by atoms with Gasteiger partial charge in [0.1, 0.15) is 0 Å². The van der Waals surface area contributed by atoms with Gasteiger partial charge in [0.25, 0.3) is 17.7 Å². The van der Waals surface area contributed by atoms with Gasteiger partial charge in [0.2, 0.25) is 0 Å². The Balaban J connectivity index is 0.000000164. The minimum atomic E-state index is -4.22. The number of rotatable bonds is 27. The van der Waals surface area contributed by atoms with Crippen LogP contribution in [0.4, 0.5) is 0 Å². The molecule has 3 amide bonds. The van der Waals surface area contributed by atoms with Crippen molar-refractivity contribution in [3.63, 3.8) is 0 Å². The van der Waals surface area contributed by atoms with Gasteiger partial charge in [0.15, 0.2) is 5.78 Å². The molecule has 6 N–H and O–H groups in total. The van der Waals surface area contributed by atoms with Crippen molar-refractivity contribution < 1.29 is 74.7 Å². The fourth-order valence-corrected chi connectivity index (χ4v) is 15.9. The van der Waals surface area contributed by atoms with E-state index >= 15 is 0 Å². The first-order valence-electron chi connectivity index (χ1n) is 34.0. The van der Waals surface area contributed by atoms with Gasteiger partial charge in [-0.3, -0.25) is 37.4 Å². The van der Waals surface area contributed by atoms with E-state index in [9.17, 15) is 42.3 Å². The van der Waals surface area contributed by atoms with E-state index in [2.05, 4.69) is 35.9 Å². The molecule has 0 aliphatic rings. The average Bonchev–Trinajstić information content (AvgIpc) is 1.62. The lowest BCUT2D eigenvalue weighted by Crippen LogP contribution is -2.17. The molecule has 27 nitrogen and oxygen atoms in total. The maximum absolute atomic E-state index is 12.9. The van der Waals surface area contributed by atoms with Gasteiger partial charge in [-0.05, 0) is 178 Å². The van der Waals surface area contributed by atoms with Crippen LogP contribution in [0.2, 0.25) is 0 Å². The first-order valence-corrected chi connectivity index (χ1v) is 40.3. The molecule has 0 aliphatic heterocycles. The third-order valence-corrected chi connectivity index (χ3v) is 23.3. The third kappa shape index (κ3) is 20.1. The summed E-state index contributed by atoms with van der Waals surface area (Å²) < 4.78 is 83.3. The van der Waals surface area contributed by atoms with Crippen molar-refractivity contribution >= 4 is 119 Å². The van der Waals surface area contributed by atoms with Gasteiger partial charge in [-0.2, -0.15) is 0 Å². The highest BCUT2D eigenvalue weighted by atomic mass is 31.2. The summed E-state index contributed by atoms with van der Waals surface area (Å²) in [6, 6.07) is 49.5. The second-order valence-electron chi connectivity index (χ2n) is 23.6. The number of carbonyl (C=O) groups excluding carboxylic acids is 4. The van der Waals surface area contributed by atoms with Crippen molar-refractivity contribution in [1.29, 1.82) is 0 Å². The highest BCUT2D eigenvalue weighted by molar-refractivity contribution is 7.62. The van der Waals surface area contributed by atoms with Gasteiger partial charge in [0.05, 0.1) is 124 Å². The quantitative estimate of drug-likeness (QED) is 0.0206. The molecule has 0 saturated heterocycles. The van der Waals surface area contributed by atoms with Crippen LogP contribution in [0.1, 0.15) is 112 Å². The number of Topliss-reactive ketones (excluding diaryl/α,β-unsaturated/α-hetero) is 1. The van der Waals surface area contributed by atoms with Crippen LogP contribution < -0.4 is 37.2 Å². The molecule has 556 valence electrons. The Kier molecular flexibility index (Phi) is 27.7. The summed E-state index contributed by atoms with van der Waals surface area (Å²) in [6.45, 7) is 14.4. The highest BCUT2D eigenvalue weighted by Gasteiger charge is 2.28. The topological polar surface area (TPSA) is 351 Å². The van der Waals surface area contributed by atoms with Crippen LogP contribution in [0.5, 0.6) is 0 Å². The second kappa shape index (κ2) is 36.5. The van der Waals surface area contributed by atoms with E-state index in [-0.39, 0.29) is 40.7 Å². The van der Waals surface area contributed by atoms with Crippen LogP contribution >= 0.6 is 30.4 Å². The number of benzene rings is 8. The van der Waals surface area contributed by atoms with E-state index in [0.717, 1.165) is 60.9 Å². The molecule has 4 heterocycles. The molecule has 1 unspecified atom stereocenters. The highest BCUT2D eigenvalue weighted by Crippen LogP contribution is 2.48. The Hall–Kier alpha value is -9.68. The first kappa shape index (κ1) is 80.4. The number of ketones is 1. The number of fused-ring (bicyclic) bond motifs is 4. The number of aromatic nitrogens is 8. The molecule has 8 aromatic carbocycles. The van der Waals surface area contributed by atoms with Crippen molar-refractivity contribution in [3.8, 4) is 0 Å². The average molecular weight is 1520 g/mol. The van der Waals surface area contributed by atoms with Gasteiger partial charge in [-0.15, -0.1) is 0 Å². The van der Waals surface area contributed by atoms with E-state index in [4.69, 9.17) is 32.4 Å². The normalized spacial score (nSPS) is 12.2. The van der Waals surface area contributed by atoms with E-state index in [1.54, 1.807) is 178 Å². The maximum atomic E-state index is 12.9. The SMILES string of the molecule is CCOP(=O)(O)c1ccc(Cn2cnc3cc(C(=O)NC)ccc32)cc1.CCOP(=O)(OCC)c1ccc(Cn2cnc3cc(C(=O)NC)ccc32)cc1.CCOP(=O)(OCC)c1ccc(Cn2cnc3ccc(C(=O)CC)cc32)cc1.CNC(=O)c1ccc2c(c1)ncn2Cc1ccc(P(=O)(O)O)cc1. The smallest absolute Gasteiger partial charge is 0.355 e. The fraction of sp³-hybridized carbons (Fsp3) is 0.253. The van der Waals surface area contributed by atoms with Crippen LogP contribution in [0.25, 0.3) is 44.1 Å². The van der Waals surface area contributed by atoms with Gasteiger partial charge >= 0.3 is 30.4 Å². The number of carbonyl (C=O) groups is 4. The number of amides is 3. The minimum absolute atomic E-state index is 0.00282. The molecule has 0 spiro atoms. The first-order chi connectivity index (χ1) is 50.8. The molecule has 31 heteroatoms. The second-order valence-corrected chi connectivity index (χ2v) is 31.1. The fourth-order valence-electron chi connectivity index (χ4n) is 11.2. The molecular weight excluding hydrogens is 1430 g/mol. The molecule has 12 rings (SSSR count). The van der Waals surface area contributed by atoms with Gasteiger partial charge in [0, 0.05) is 76.0 Å². The maximum Gasteiger partial charge on any atom is 0.361 e. The molecule has 0 aliphatic carbocycles. The van der Waals surface area contributed by atoms with Crippen LogP contribution in [-0.2, 0) is 67.1 Å². The van der Waals surface area contributed by atoms with E-state index in [1.807, 2.05) is 85.9 Å². The van der Waals surface area contributed by atoms with Crippen molar-refractivity contribution in [2.24, 2.45) is 0 Å². The Labute approximate surface area is 613 Å². The molecule has 0 bridgehead atoms. The monoisotopic (exact) mass is 1520 g/mol. The predicted molar refractivity (Wildman–Crippen MR) is 410 cm³/mol. The van der Waals surface area contributed by atoms with Crippen molar-refractivity contribution in [2.45, 2.75) is 74.1 Å². The lowest BCUT2D eigenvalue weighted by atomic mass is 10.1. The summed E-state index contributed by atoms with van der Waals surface area (Å²) in [5.41, 5.74) is 13.0. The molecule has 0 fully saturated rings. The molecule has 106 heavy (non-hydrogen) atoms. The Morgan fingerprint density at radius 1 is 0.349 bits per heavy atom. The van der Waals surface area contributed by atoms with Gasteiger partial charge < -0.3 is 71.5 Å². The van der Waals surface area contributed by atoms with E-state index in [1.165, 1.54) is 12.1 Å². The largest absolute Gasteiger partial charge is 0.361 e. The van der Waals surface area contributed by atoms with Crippen molar-refractivity contribution in [3.05, 3.63) is 240 Å². The van der Waals surface area contributed by atoms with Crippen LogP contribution in [-0.4, -0.2) is 131 Å². The van der Waals surface area contributed by atoms with Crippen LogP contribution in [0.15, 0.2) is 195 Å². The number of nitrogens with one attached hydrogen (secondary N) is 3.